The summed E-state index contributed by atoms with van der Waals surface area (Å²) < 4.78 is 7.66. The van der Waals surface area contributed by atoms with E-state index in [9.17, 15) is 0 Å². The topological polar surface area (TPSA) is 64.9 Å². The molecule has 0 saturated heterocycles. The number of rotatable bonds is 10. The summed E-state index contributed by atoms with van der Waals surface area (Å²) in [6.45, 7) is 2.12. The highest BCUT2D eigenvalue weighted by Crippen LogP contribution is 2.18. The molecule has 0 spiro atoms. The van der Waals surface area contributed by atoms with Crippen LogP contribution < -0.4 is 10.1 Å². The summed E-state index contributed by atoms with van der Waals surface area (Å²) in [6.07, 6.45) is 0. The maximum absolute atomic E-state index is 5.93. The van der Waals surface area contributed by atoms with Crippen LogP contribution in [-0.2, 0) is 13.2 Å². The maximum atomic E-state index is 5.93. The number of hydrogen-bond acceptors (Lipinski definition) is 6. The normalized spacial score (nSPS) is 10.5. The number of para-hydroxylation sites is 1. The summed E-state index contributed by atoms with van der Waals surface area (Å²) in [5.74, 6) is 1.71. The summed E-state index contributed by atoms with van der Waals surface area (Å²) >= 11 is 7.55. The van der Waals surface area contributed by atoms with E-state index in [1.807, 2.05) is 66.7 Å². The van der Waals surface area contributed by atoms with Crippen molar-refractivity contribution in [2.24, 2.45) is 0 Å². The minimum atomic E-state index is 0. The van der Waals surface area contributed by atoms with E-state index < -0.39 is 0 Å². The lowest BCUT2D eigenvalue weighted by Gasteiger charge is -2.09. The molecule has 0 radical (unpaired) electrons. The van der Waals surface area contributed by atoms with Gasteiger partial charge in [-0.2, -0.15) is 4.68 Å². The molecule has 0 aliphatic heterocycles. The number of halogens is 2. The van der Waals surface area contributed by atoms with E-state index in [4.69, 9.17) is 16.3 Å². The van der Waals surface area contributed by atoms with E-state index in [-0.39, 0.29) is 12.4 Å². The van der Waals surface area contributed by atoms with Crippen molar-refractivity contribution in [2.75, 3.05) is 12.3 Å². The molecule has 0 atom stereocenters. The van der Waals surface area contributed by atoms with E-state index in [0.717, 1.165) is 46.0 Å². The molecule has 1 N–H and O–H groups in total. The van der Waals surface area contributed by atoms with Gasteiger partial charge in [0.1, 0.15) is 12.4 Å². The molecule has 32 heavy (non-hydrogen) atoms. The van der Waals surface area contributed by atoms with Gasteiger partial charge >= 0.3 is 0 Å². The number of nitrogens with one attached hydrogen (secondary N) is 1. The molecule has 6 nitrogen and oxygen atoms in total. The van der Waals surface area contributed by atoms with Crippen molar-refractivity contribution in [2.45, 2.75) is 18.3 Å². The molecule has 0 saturated carbocycles. The predicted octanol–water partition coefficient (Wildman–Crippen LogP) is 5.20. The highest BCUT2D eigenvalue weighted by Gasteiger charge is 2.08. The summed E-state index contributed by atoms with van der Waals surface area (Å²) in [5.41, 5.74) is 3.22. The van der Waals surface area contributed by atoms with E-state index >= 15 is 0 Å². The van der Waals surface area contributed by atoms with Crippen LogP contribution in [0.1, 0.15) is 11.1 Å². The average Bonchev–Trinajstić information content (AvgIpc) is 3.28. The smallest absolute Gasteiger partial charge is 0.214 e. The van der Waals surface area contributed by atoms with Crippen molar-refractivity contribution in [1.82, 2.24) is 25.5 Å². The van der Waals surface area contributed by atoms with Crippen LogP contribution >= 0.6 is 35.8 Å². The number of nitrogens with zero attached hydrogens (tertiary/aromatic N) is 4. The average molecular weight is 488 g/mol. The minimum Gasteiger partial charge on any atom is -0.489 e. The lowest BCUT2D eigenvalue weighted by molar-refractivity contribution is 0.306. The van der Waals surface area contributed by atoms with Gasteiger partial charge in [-0.15, -0.1) is 17.5 Å². The first-order valence-electron chi connectivity index (χ1n) is 9.91. The minimum absolute atomic E-state index is 0. The third-order valence-corrected chi connectivity index (χ3v) is 5.67. The Morgan fingerprint density at radius 1 is 0.938 bits per heavy atom. The molecule has 1 heterocycles. The second kappa shape index (κ2) is 12.5. The van der Waals surface area contributed by atoms with E-state index in [1.165, 1.54) is 5.56 Å². The monoisotopic (exact) mass is 487 g/mol. The number of tetrazole rings is 1. The van der Waals surface area contributed by atoms with Crippen molar-refractivity contribution in [1.29, 1.82) is 0 Å². The highest BCUT2D eigenvalue weighted by molar-refractivity contribution is 7.99. The van der Waals surface area contributed by atoms with Gasteiger partial charge in [-0.1, -0.05) is 65.8 Å². The molecular formula is C23H23Cl2N5OS. The van der Waals surface area contributed by atoms with Crippen LogP contribution in [0, 0.1) is 0 Å². The second-order valence-electron chi connectivity index (χ2n) is 6.80. The van der Waals surface area contributed by atoms with Crippen molar-refractivity contribution >= 4 is 35.8 Å². The van der Waals surface area contributed by atoms with Crippen LogP contribution in [0.4, 0.5) is 0 Å². The number of aromatic nitrogens is 4. The Morgan fingerprint density at radius 3 is 2.56 bits per heavy atom. The number of thioether (sulfide) groups is 1. The van der Waals surface area contributed by atoms with Gasteiger partial charge < -0.3 is 10.1 Å². The zero-order valence-corrected chi connectivity index (χ0v) is 19.6. The van der Waals surface area contributed by atoms with Crippen LogP contribution in [0.3, 0.4) is 0 Å². The van der Waals surface area contributed by atoms with Crippen molar-refractivity contribution in [3.8, 4) is 11.4 Å². The fraction of sp³-hybridized carbons (Fsp3) is 0.174. The predicted molar refractivity (Wildman–Crippen MR) is 131 cm³/mol. The second-order valence-corrected chi connectivity index (χ2v) is 8.30. The van der Waals surface area contributed by atoms with Crippen LogP contribution in [0.25, 0.3) is 5.69 Å². The van der Waals surface area contributed by atoms with Gasteiger partial charge in [-0.3, -0.25) is 0 Å². The molecule has 166 valence electrons. The van der Waals surface area contributed by atoms with E-state index in [1.54, 1.807) is 16.4 Å². The van der Waals surface area contributed by atoms with Gasteiger partial charge in [0, 0.05) is 23.9 Å². The standard InChI is InChI=1S/C23H22ClN5OS.ClH/c24-20-11-9-18(10-12-20)17-30-22-8-4-5-19(15-22)16-25-13-14-31-23-26-27-28-29(23)21-6-2-1-3-7-21;/h1-12,15,25H,13-14,16-17H2;1H. The fourth-order valence-electron chi connectivity index (χ4n) is 2.94. The first-order chi connectivity index (χ1) is 15.3. The van der Waals surface area contributed by atoms with Gasteiger partial charge in [-0.25, -0.2) is 0 Å². The zero-order chi connectivity index (χ0) is 21.3. The molecule has 0 aliphatic rings. The Bertz CT molecular complexity index is 1090. The highest BCUT2D eigenvalue weighted by atomic mass is 35.5. The molecule has 0 bridgehead atoms. The van der Waals surface area contributed by atoms with E-state index in [2.05, 4.69) is 33.0 Å². The molecule has 0 fully saturated rings. The third-order valence-electron chi connectivity index (χ3n) is 4.50. The van der Waals surface area contributed by atoms with Crippen molar-refractivity contribution < 1.29 is 4.74 Å². The van der Waals surface area contributed by atoms with Crippen LogP contribution in [0.15, 0.2) is 84.0 Å². The Labute approximate surface area is 202 Å². The van der Waals surface area contributed by atoms with Crippen molar-refractivity contribution in [3.63, 3.8) is 0 Å². The molecule has 4 rings (SSSR count). The summed E-state index contributed by atoms with van der Waals surface area (Å²) in [6, 6.07) is 25.7. The van der Waals surface area contributed by atoms with Gasteiger partial charge in [0.05, 0.1) is 5.69 Å². The maximum Gasteiger partial charge on any atom is 0.214 e. The fourth-order valence-corrected chi connectivity index (χ4v) is 3.85. The lowest BCUT2D eigenvalue weighted by atomic mass is 10.2. The Balaban J connectivity index is 0.00000289. The van der Waals surface area contributed by atoms with Crippen LogP contribution in [0.5, 0.6) is 5.75 Å². The molecule has 0 unspecified atom stereocenters. The van der Waals surface area contributed by atoms with E-state index in [0.29, 0.717) is 6.61 Å². The third kappa shape index (κ3) is 6.97. The van der Waals surface area contributed by atoms with Crippen LogP contribution in [-0.4, -0.2) is 32.5 Å². The first-order valence-corrected chi connectivity index (χ1v) is 11.3. The van der Waals surface area contributed by atoms with Gasteiger partial charge in [0.15, 0.2) is 0 Å². The number of ether oxygens (including phenoxy) is 1. The molecule has 1 aromatic heterocycles. The summed E-state index contributed by atoms with van der Waals surface area (Å²) in [7, 11) is 0. The molecule has 3 aromatic carbocycles. The van der Waals surface area contributed by atoms with Gasteiger partial charge in [0.2, 0.25) is 5.16 Å². The van der Waals surface area contributed by atoms with Gasteiger partial charge in [0.25, 0.3) is 0 Å². The molecule has 9 heteroatoms. The molecule has 0 aliphatic carbocycles. The SMILES string of the molecule is Cl.Clc1ccc(COc2cccc(CNCCSc3nnnn3-c3ccccc3)c2)cc1. The summed E-state index contributed by atoms with van der Waals surface area (Å²) in [4.78, 5) is 0. The number of hydrogen-bond donors (Lipinski definition) is 1. The zero-order valence-electron chi connectivity index (χ0n) is 17.2. The lowest BCUT2D eigenvalue weighted by Crippen LogP contribution is -2.16. The molecule has 0 amide bonds. The first kappa shape index (κ1) is 24.1. The van der Waals surface area contributed by atoms with Crippen LogP contribution in [0.2, 0.25) is 5.02 Å². The Morgan fingerprint density at radius 2 is 1.75 bits per heavy atom. The Hall–Kier alpha value is -2.58. The Kier molecular flexibility index (Phi) is 9.37. The molecular weight excluding hydrogens is 465 g/mol. The largest absolute Gasteiger partial charge is 0.489 e. The molecule has 4 aromatic rings. The van der Waals surface area contributed by atoms with Crippen molar-refractivity contribution in [3.05, 3.63) is 95.0 Å². The summed E-state index contributed by atoms with van der Waals surface area (Å²) in [5, 5.41) is 17.0. The number of benzene rings is 3. The van der Waals surface area contributed by atoms with Gasteiger partial charge in [-0.05, 0) is 58.0 Å². The quantitative estimate of drug-likeness (QED) is 0.245.